The fraction of sp³-hybridized carbons (Fsp3) is 0.600. The topological polar surface area (TPSA) is 63.4 Å². The number of rotatable bonds is 4. The minimum atomic E-state index is -3.82. The number of sulfonamides is 1. The lowest BCUT2D eigenvalue weighted by atomic mass is 10.0. The molecule has 1 atom stereocenters. The van der Waals surface area contributed by atoms with Crippen LogP contribution in [-0.2, 0) is 10.0 Å². The van der Waals surface area contributed by atoms with Gasteiger partial charge in [0, 0.05) is 18.3 Å². The molecule has 4 nitrogen and oxygen atoms in total. The van der Waals surface area contributed by atoms with Gasteiger partial charge in [0.05, 0.1) is 0 Å². The van der Waals surface area contributed by atoms with Crippen molar-refractivity contribution in [1.82, 2.24) is 4.31 Å². The summed E-state index contributed by atoms with van der Waals surface area (Å²) in [5.74, 6) is -0.720. The number of aryl methyl sites for hydroxylation is 1. The molecular formula is C15H23FN2O2S. The summed E-state index contributed by atoms with van der Waals surface area (Å²) in [4.78, 5) is -0.298. The van der Waals surface area contributed by atoms with Gasteiger partial charge in [-0.1, -0.05) is 19.8 Å². The van der Waals surface area contributed by atoms with E-state index in [1.807, 2.05) is 6.92 Å². The minimum Gasteiger partial charge on any atom is -0.398 e. The Morgan fingerprint density at radius 1 is 1.38 bits per heavy atom. The number of nitrogens with zero attached hydrogens (tertiary/aromatic N) is 1. The van der Waals surface area contributed by atoms with Crippen molar-refractivity contribution in [3.05, 3.63) is 23.5 Å². The zero-order valence-electron chi connectivity index (χ0n) is 12.6. The van der Waals surface area contributed by atoms with Gasteiger partial charge in [-0.2, -0.15) is 4.31 Å². The Balaban J connectivity index is 2.43. The molecule has 0 radical (unpaired) electrons. The third kappa shape index (κ3) is 3.21. The van der Waals surface area contributed by atoms with E-state index in [9.17, 15) is 12.8 Å². The van der Waals surface area contributed by atoms with Crippen LogP contribution in [0.4, 0.5) is 10.1 Å². The van der Waals surface area contributed by atoms with Crippen LogP contribution in [0.3, 0.4) is 0 Å². The minimum absolute atomic E-state index is 0.0318. The number of hydrogen-bond donors (Lipinski definition) is 1. The van der Waals surface area contributed by atoms with E-state index in [1.54, 1.807) is 6.92 Å². The van der Waals surface area contributed by atoms with Crippen LogP contribution in [0.2, 0.25) is 0 Å². The molecule has 0 aromatic heterocycles. The van der Waals surface area contributed by atoms with E-state index in [2.05, 4.69) is 0 Å². The number of nitrogens with two attached hydrogens (primary N) is 1. The van der Waals surface area contributed by atoms with Crippen molar-refractivity contribution in [2.75, 3.05) is 12.3 Å². The SMILES string of the molecule is CCCC1CCCCN1S(=O)(=O)c1cc(N)c(C)cc1F. The highest BCUT2D eigenvalue weighted by Gasteiger charge is 2.34. The highest BCUT2D eigenvalue weighted by atomic mass is 32.2. The molecule has 1 fully saturated rings. The Kier molecular flexibility index (Phi) is 4.88. The van der Waals surface area contributed by atoms with Gasteiger partial charge in [0.15, 0.2) is 0 Å². The molecule has 1 aliphatic rings. The average Bonchev–Trinajstić information content (AvgIpc) is 2.43. The van der Waals surface area contributed by atoms with Crippen LogP contribution < -0.4 is 5.73 Å². The number of anilines is 1. The Hall–Kier alpha value is -1.14. The maximum Gasteiger partial charge on any atom is 0.246 e. The maximum atomic E-state index is 14.1. The molecule has 0 spiro atoms. The molecular weight excluding hydrogens is 291 g/mol. The molecule has 1 unspecified atom stereocenters. The summed E-state index contributed by atoms with van der Waals surface area (Å²) in [5.41, 5.74) is 6.62. The Bertz CT molecular complexity index is 614. The lowest BCUT2D eigenvalue weighted by molar-refractivity contribution is 0.239. The first-order valence-electron chi connectivity index (χ1n) is 7.45. The van der Waals surface area contributed by atoms with Crippen LogP contribution in [-0.4, -0.2) is 25.3 Å². The first-order valence-corrected chi connectivity index (χ1v) is 8.89. The summed E-state index contributed by atoms with van der Waals surface area (Å²) in [5, 5.41) is 0. The molecule has 0 aliphatic carbocycles. The molecule has 118 valence electrons. The highest BCUT2D eigenvalue weighted by Crippen LogP contribution is 2.30. The molecule has 0 saturated carbocycles. The Morgan fingerprint density at radius 2 is 2.10 bits per heavy atom. The van der Waals surface area contributed by atoms with Gasteiger partial charge in [0.25, 0.3) is 0 Å². The molecule has 2 N–H and O–H groups in total. The lowest BCUT2D eigenvalue weighted by Gasteiger charge is -2.34. The first-order chi connectivity index (χ1) is 9.87. The van der Waals surface area contributed by atoms with Gasteiger partial charge in [-0.3, -0.25) is 0 Å². The molecule has 21 heavy (non-hydrogen) atoms. The molecule has 2 rings (SSSR count). The predicted octanol–water partition coefficient (Wildman–Crippen LogP) is 3.06. The monoisotopic (exact) mass is 314 g/mol. The third-order valence-electron chi connectivity index (χ3n) is 4.10. The Morgan fingerprint density at radius 3 is 2.76 bits per heavy atom. The second-order valence-corrected chi connectivity index (χ2v) is 7.55. The van der Waals surface area contributed by atoms with Gasteiger partial charge in [-0.05, 0) is 43.9 Å². The van der Waals surface area contributed by atoms with Crippen molar-refractivity contribution >= 4 is 15.7 Å². The molecule has 1 aromatic carbocycles. The summed E-state index contributed by atoms with van der Waals surface area (Å²) >= 11 is 0. The zero-order chi connectivity index (χ0) is 15.6. The molecule has 1 aromatic rings. The van der Waals surface area contributed by atoms with Gasteiger partial charge in [0.2, 0.25) is 10.0 Å². The van der Waals surface area contributed by atoms with Gasteiger partial charge in [-0.15, -0.1) is 0 Å². The second-order valence-electron chi connectivity index (χ2n) is 5.69. The predicted molar refractivity (Wildman–Crippen MR) is 82.0 cm³/mol. The summed E-state index contributed by atoms with van der Waals surface area (Å²) in [6.07, 6.45) is 4.41. The van der Waals surface area contributed by atoms with Crippen LogP contribution in [0, 0.1) is 12.7 Å². The van der Waals surface area contributed by atoms with Crippen LogP contribution in [0.5, 0.6) is 0 Å². The van der Waals surface area contributed by atoms with Crippen molar-refractivity contribution in [2.45, 2.75) is 56.9 Å². The van der Waals surface area contributed by atoms with Crippen LogP contribution >= 0.6 is 0 Å². The maximum absolute atomic E-state index is 14.1. The molecule has 0 amide bonds. The summed E-state index contributed by atoms with van der Waals surface area (Å²) < 4.78 is 41.2. The van der Waals surface area contributed by atoms with E-state index < -0.39 is 15.8 Å². The number of piperidine rings is 1. The van der Waals surface area contributed by atoms with Gasteiger partial charge in [0.1, 0.15) is 10.7 Å². The van der Waals surface area contributed by atoms with E-state index in [1.165, 1.54) is 16.4 Å². The van der Waals surface area contributed by atoms with Crippen molar-refractivity contribution in [1.29, 1.82) is 0 Å². The largest absolute Gasteiger partial charge is 0.398 e. The molecule has 1 aliphatic heterocycles. The summed E-state index contributed by atoms with van der Waals surface area (Å²) in [7, 11) is -3.82. The number of hydrogen-bond acceptors (Lipinski definition) is 3. The fourth-order valence-corrected chi connectivity index (χ4v) is 4.71. The first kappa shape index (κ1) is 16.2. The van der Waals surface area contributed by atoms with E-state index in [-0.39, 0.29) is 10.9 Å². The van der Waals surface area contributed by atoms with E-state index in [4.69, 9.17) is 5.73 Å². The number of nitrogen functional groups attached to an aromatic ring is 1. The molecule has 6 heteroatoms. The molecule has 0 bridgehead atoms. The lowest BCUT2D eigenvalue weighted by Crippen LogP contribution is -2.43. The van der Waals surface area contributed by atoms with Gasteiger partial charge >= 0.3 is 0 Å². The van der Waals surface area contributed by atoms with E-state index in [0.29, 0.717) is 17.8 Å². The van der Waals surface area contributed by atoms with Crippen LogP contribution in [0.15, 0.2) is 17.0 Å². The van der Waals surface area contributed by atoms with Gasteiger partial charge < -0.3 is 5.73 Å². The zero-order valence-corrected chi connectivity index (χ0v) is 13.4. The average molecular weight is 314 g/mol. The van der Waals surface area contributed by atoms with Gasteiger partial charge in [-0.25, -0.2) is 12.8 Å². The second kappa shape index (κ2) is 6.32. The van der Waals surface area contributed by atoms with Crippen molar-refractivity contribution < 1.29 is 12.8 Å². The fourth-order valence-electron chi connectivity index (χ4n) is 2.90. The van der Waals surface area contributed by atoms with Crippen LogP contribution in [0.1, 0.15) is 44.6 Å². The molecule has 1 saturated heterocycles. The van der Waals surface area contributed by atoms with Crippen molar-refractivity contribution in [3.8, 4) is 0 Å². The smallest absolute Gasteiger partial charge is 0.246 e. The van der Waals surface area contributed by atoms with Crippen LogP contribution in [0.25, 0.3) is 0 Å². The van der Waals surface area contributed by atoms with Crippen molar-refractivity contribution in [2.24, 2.45) is 0 Å². The summed E-state index contributed by atoms with van der Waals surface area (Å²) in [6, 6.07) is 2.41. The standard InChI is InChI=1S/C15H23FN2O2S/c1-3-6-12-7-4-5-8-18(12)21(19,20)15-10-14(17)11(2)9-13(15)16/h9-10,12H,3-8,17H2,1-2H3. The number of benzene rings is 1. The van der Waals surface area contributed by atoms with E-state index >= 15 is 0 Å². The van der Waals surface area contributed by atoms with E-state index in [0.717, 1.165) is 32.1 Å². The molecule has 1 heterocycles. The summed E-state index contributed by atoms with van der Waals surface area (Å²) in [6.45, 7) is 4.15. The quantitative estimate of drug-likeness (QED) is 0.869. The third-order valence-corrected chi connectivity index (χ3v) is 6.07. The number of halogens is 1. The normalized spacial score (nSPS) is 20.6. The highest BCUT2D eigenvalue weighted by molar-refractivity contribution is 7.89. The van der Waals surface area contributed by atoms with Crippen molar-refractivity contribution in [3.63, 3.8) is 0 Å². The Labute approximate surface area is 126 Å².